The van der Waals surface area contributed by atoms with Crippen molar-refractivity contribution >= 4 is 11.8 Å². The Hall–Kier alpha value is -0.750. The van der Waals surface area contributed by atoms with Gasteiger partial charge in [0.1, 0.15) is 5.75 Å². The molecule has 4 nitrogen and oxygen atoms in total. The Morgan fingerprint density at radius 2 is 2.14 bits per heavy atom. The van der Waals surface area contributed by atoms with Crippen molar-refractivity contribution in [2.24, 2.45) is 0 Å². The van der Waals surface area contributed by atoms with Crippen LogP contribution in [0.15, 0.2) is 18.2 Å². The Bertz CT molecular complexity index is 415. The molecule has 1 aromatic carbocycles. The average molecular weight is 313 g/mol. The first-order chi connectivity index (χ1) is 10.1. The lowest BCUT2D eigenvalue weighted by atomic mass is 10.0. The Labute approximate surface area is 131 Å². The lowest BCUT2D eigenvalue weighted by molar-refractivity contribution is 0.113. The zero-order chi connectivity index (χ0) is 15.7. The van der Waals surface area contributed by atoms with Crippen LogP contribution in [-0.4, -0.2) is 42.3 Å². The molecule has 0 saturated carbocycles. The fourth-order valence-electron chi connectivity index (χ4n) is 2.02. The fraction of sp³-hybridized carbons (Fsp3) is 0.625. The first-order valence-corrected chi connectivity index (χ1v) is 8.54. The number of hydrogen-bond donors (Lipinski definition) is 3. The van der Waals surface area contributed by atoms with E-state index in [-0.39, 0.29) is 6.61 Å². The van der Waals surface area contributed by atoms with Gasteiger partial charge in [-0.3, -0.25) is 0 Å². The Morgan fingerprint density at radius 3 is 2.76 bits per heavy atom. The molecule has 0 aliphatic heterocycles. The fourth-order valence-corrected chi connectivity index (χ4v) is 2.96. The van der Waals surface area contributed by atoms with Crippen LogP contribution in [0.1, 0.15) is 37.4 Å². The Kier molecular flexibility index (Phi) is 8.76. The number of aliphatic hydroxyl groups excluding tert-OH is 2. The third-order valence-electron chi connectivity index (χ3n) is 3.28. The molecule has 1 rings (SSSR count). The highest BCUT2D eigenvalue weighted by Gasteiger charge is 2.10. The summed E-state index contributed by atoms with van der Waals surface area (Å²) in [5.41, 5.74) is 2.36. The number of hydrogen-bond acceptors (Lipinski definition) is 5. The minimum atomic E-state index is -0.658. The van der Waals surface area contributed by atoms with Crippen molar-refractivity contribution in [3.05, 3.63) is 29.3 Å². The normalized spacial score (nSPS) is 14.0. The number of benzene rings is 1. The monoisotopic (exact) mass is 313 g/mol. The summed E-state index contributed by atoms with van der Waals surface area (Å²) in [5, 5.41) is 21.7. The second-order valence-corrected chi connectivity index (χ2v) is 6.13. The molecule has 0 aliphatic carbocycles. The van der Waals surface area contributed by atoms with Gasteiger partial charge in [0.15, 0.2) is 0 Å². The maximum absolute atomic E-state index is 9.39. The molecule has 0 bridgehead atoms. The van der Waals surface area contributed by atoms with Crippen molar-refractivity contribution in [3.8, 4) is 5.75 Å². The van der Waals surface area contributed by atoms with Gasteiger partial charge in [-0.25, -0.2) is 0 Å². The first-order valence-electron chi connectivity index (χ1n) is 7.39. The zero-order valence-corrected chi connectivity index (χ0v) is 13.9. The number of thioether (sulfide) groups is 1. The molecule has 1 aromatic rings. The molecule has 2 unspecified atom stereocenters. The van der Waals surface area contributed by atoms with Gasteiger partial charge in [-0.2, -0.15) is 11.8 Å². The zero-order valence-electron chi connectivity index (χ0n) is 13.1. The van der Waals surface area contributed by atoms with Crippen LogP contribution in [0, 0.1) is 0 Å². The molecule has 0 saturated heterocycles. The third-order valence-corrected chi connectivity index (χ3v) is 4.42. The predicted molar refractivity (Wildman–Crippen MR) is 89.0 cm³/mol. The highest BCUT2D eigenvalue weighted by molar-refractivity contribution is 7.98. The van der Waals surface area contributed by atoms with Crippen LogP contribution in [0.5, 0.6) is 5.75 Å². The molecule has 0 spiro atoms. The van der Waals surface area contributed by atoms with Crippen LogP contribution in [0.3, 0.4) is 0 Å². The molecule has 2 atom stereocenters. The van der Waals surface area contributed by atoms with E-state index in [0.29, 0.717) is 11.8 Å². The van der Waals surface area contributed by atoms with Gasteiger partial charge in [0.05, 0.1) is 19.8 Å². The summed E-state index contributed by atoms with van der Waals surface area (Å²) in [5.74, 6) is 2.15. The molecule has 0 aromatic heterocycles. The van der Waals surface area contributed by atoms with Crippen LogP contribution in [-0.2, 0) is 5.75 Å². The van der Waals surface area contributed by atoms with E-state index >= 15 is 0 Å². The Morgan fingerprint density at radius 1 is 1.38 bits per heavy atom. The van der Waals surface area contributed by atoms with E-state index < -0.39 is 6.10 Å². The van der Waals surface area contributed by atoms with E-state index in [2.05, 4.69) is 31.3 Å². The van der Waals surface area contributed by atoms with E-state index in [1.165, 1.54) is 5.56 Å². The van der Waals surface area contributed by atoms with Crippen LogP contribution < -0.4 is 10.1 Å². The second-order valence-electron chi connectivity index (χ2n) is 5.10. The molecule has 0 heterocycles. The molecular weight excluding hydrogens is 286 g/mol. The van der Waals surface area contributed by atoms with E-state index in [9.17, 15) is 5.11 Å². The number of aliphatic hydroxyl groups is 2. The van der Waals surface area contributed by atoms with Crippen molar-refractivity contribution in [1.82, 2.24) is 5.32 Å². The van der Waals surface area contributed by atoms with Crippen molar-refractivity contribution in [3.63, 3.8) is 0 Å². The largest absolute Gasteiger partial charge is 0.496 e. The lowest BCUT2D eigenvalue weighted by Gasteiger charge is -2.17. The summed E-state index contributed by atoms with van der Waals surface area (Å²) >= 11 is 1.60. The maximum Gasteiger partial charge on any atom is 0.122 e. The first kappa shape index (κ1) is 18.3. The second kappa shape index (κ2) is 10.1. The van der Waals surface area contributed by atoms with Gasteiger partial charge >= 0.3 is 0 Å². The summed E-state index contributed by atoms with van der Waals surface area (Å²) in [6.45, 7) is 5.12. The lowest BCUT2D eigenvalue weighted by Crippen LogP contribution is -2.19. The number of ether oxygens (including phenoxy) is 1. The summed E-state index contributed by atoms with van der Waals surface area (Å²) < 4.78 is 5.40. The van der Waals surface area contributed by atoms with E-state index in [0.717, 1.165) is 30.0 Å². The molecule has 0 amide bonds. The third kappa shape index (κ3) is 6.26. The smallest absolute Gasteiger partial charge is 0.122 e. The van der Waals surface area contributed by atoms with Gasteiger partial charge in [0.25, 0.3) is 0 Å². The molecule has 5 heteroatoms. The number of methoxy groups -OCH3 is 1. The van der Waals surface area contributed by atoms with Crippen LogP contribution in [0.2, 0.25) is 0 Å². The van der Waals surface area contributed by atoms with Gasteiger partial charge in [0, 0.05) is 23.1 Å². The molecule has 0 fully saturated rings. The van der Waals surface area contributed by atoms with E-state index in [1.54, 1.807) is 18.9 Å². The minimum Gasteiger partial charge on any atom is -0.496 e. The topological polar surface area (TPSA) is 61.7 Å². The standard InChI is InChI=1S/C16H27NO3S/c1-4-7-17-12(2)13-5-6-16(20-3)14(8-13)10-21-11-15(19)9-18/h5-6,8,12,15,17-19H,4,7,9-11H2,1-3H3. The van der Waals surface area contributed by atoms with Crippen LogP contribution in [0.25, 0.3) is 0 Å². The molecule has 0 aliphatic rings. The minimum absolute atomic E-state index is 0.192. The molecule has 120 valence electrons. The van der Waals surface area contributed by atoms with E-state index in [4.69, 9.17) is 9.84 Å². The summed E-state index contributed by atoms with van der Waals surface area (Å²) in [6.07, 6.45) is 0.455. The van der Waals surface area contributed by atoms with Gasteiger partial charge < -0.3 is 20.3 Å². The van der Waals surface area contributed by atoms with Crippen molar-refractivity contribution in [1.29, 1.82) is 0 Å². The Balaban J connectivity index is 2.70. The van der Waals surface area contributed by atoms with Gasteiger partial charge in [0.2, 0.25) is 0 Å². The van der Waals surface area contributed by atoms with Crippen LogP contribution >= 0.6 is 11.8 Å². The average Bonchev–Trinajstić information content (AvgIpc) is 2.52. The summed E-state index contributed by atoms with van der Waals surface area (Å²) in [7, 11) is 1.67. The van der Waals surface area contributed by atoms with Gasteiger partial charge in [-0.15, -0.1) is 0 Å². The van der Waals surface area contributed by atoms with E-state index in [1.807, 2.05) is 6.07 Å². The summed E-state index contributed by atoms with van der Waals surface area (Å²) in [4.78, 5) is 0. The highest BCUT2D eigenvalue weighted by atomic mass is 32.2. The van der Waals surface area contributed by atoms with Crippen molar-refractivity contribution < 1.29 is 14.9 Å². The van der Waals surface area contributed by atoms with Gasteiger partial charge in [-0.05, 0) is 37.6 Å². The molecule has 0 radical (unpaired) electrons. The van der Waals surface area contributed by atoms with Crippen LogP contribution in [0.4, 0.5) is 0 Å². The summed E-state index contributed by atoms with van der Waals surface area (Å²) in [6, 6.07) is 6.55. The van der Waals surface area contributed by atoms with Gasteiger partial charge in [-0.1, -0.05) is 13.0 Å². The maximum atomic E-state index is 9.39. The number of nitrogens with one attached hydrogen (secondary N) is 1. The van der Waals surface area contributed by atoms with Crippen molar-refractivity contribution in [2.45, 2.75) is 38.2 Å². The predicted octanol–water partition coefficient (Wildman–Crippen LogP) is 2.34. The SMILES string of the molecule is CCCNC(C)c1ccc(OC)c(CSCC(O)CO)c1. The molecule has 3 N–H and O–H groups in total. The molecule has 21 heavy (non-hydrogen) atoms. The highest BCUT2D eigenvalue weighted by Crippen LogP contribution is 2.27. The molecular formula is C16H27NO3S. The quantitative estimate of drug-likeness (QED) is 0.619. The number of rotatable bonds is 10. The van der Waals surface area contributed by atoms with Crippen molar-refractivity contribution in [2.75, 3.05) is 26.0 Å².